The molecule has 0 fully saturated rings. The second kappa shape index (κ2) is 15.6. The zero-order valence-electron chi connectivity index (χ0n) is 28.9. The van der Waals surface area contributed by atoms with Gasteiger partial charge in [-0.15, -0.1) is 0 Å². The first-order valence-corrected chi connectivity index (χ1v) is 15.7. The number of anilines is 2. The predicted molar refractivity (Wildman–Crippen MR) is 167 cm³/mol. The van der Waals surface area contributed by atoms with Gasteiger partial charge in [-0.3, -0.25) is 10.6 Å². The number of benzene rings is 4. The highest BCUT2D eigenvalue weighted by Crippen LogP contribution is 2.58. The van der Waals surface area contributed by atoms with Crippen LogP contribution in [0.25, 0.3) is 0 Å². The summed E-state index contributed by atoms with van der Waals surface area (Å²) in [5, 5.41) is 20.8. The Kier molecular flexibility index (Phi) is 12.1. The number of ether oxygens (including phenoxy) is 2. The van der Waals surface area contributed by atoms with Crippen molar-refractivity contribution in [2.45, 2.75) is 53.8 Å². The zero-order chi connectivity index (χ0) is 46.4. The van der Waals surface area contributed by atoms with Crippen molar-refractivity contribution in [3.8, 4) is 35.4 Å². The summed E-state index contributed by atoms with van der Waals surface area (Å²) in [5.41, 5.74) is -14.7. The van der Waals surface area contributed by atoms with Gasteiger partial charge in [0, 0.05) is 11.4 Å². The van der Waals surface area contributed by atoms with Crippen LogP contribution in [0.5, 0.6) is 23.0 Å². The standard InChI is InChI=1S/C35H16F20N4O2/c36-28(37,30(40,41)34(50,51)52)23-13-19(58-15-56)5-11-25(23)60-21-7-1-17(2-8-21)27(32(44,45)46,33(47,48)49)18-3-9-22(10-4-18)61-26-12-6-20(59-16-57)14-24(26)29(38,39)31(42,43)35(53,54)55/h1-14,58-59H. The topological polar surface area (TPSA) is 90.1 Å². The minimum Gasteiger partial charge on any atom is -0.457 e. The maximum Gasteiger partial charge on any atom is 0.460 e. The molecule has 0 heterocycles. The number of nitriles is 2. The molecule has 0 radical (unpaired) electrons. The molecule has 0 bridgehead atoms. The fraction of sp³-hybridized carbons (Fsp3) is 0.257. The molecule has 0 aliphatic heterocycles. The van der Waals surface area contributed by atoms with Gasteiger partial charge in [-0.1, -0.05) is 24.3 Å². The molecule has 328 valence electrons. The third-order valence-electron chi connectivity index (χ3n) is 8.42. The van der Waals surface area contributed by atoms with E-state index in [9.17, 15) is 87.8 Å². The van der Waals surface area contributed by atoms with E-state index in [1.807, 2.05) is 0 Å². The van der Waals surface area contributed by atoms with Crippen LogP contribution in [0.2, 0.25) is 0 Å². The third-order valence-corrected chi connectivity index (χ3v) is 8.42. The lowest BCUT2D eigenvalue weighted by molar-refractivity contribution is -0.359. The smallest absolute Gasteiger partial charge is 0.457 e. The Bertz CT molecular complexity index is 2140. The van der Waals surface area contributed by atoms with Gasteiger partial charge in [0.05, 0.1) is 11.1 Å². The number of nitrogens with zero attached hydrogens (tertiary/aromatic N) is 2. The summed E-state index contributed by atoms with van der Waals surface area (Å²) >= 11 is 0. The van der Waals surface area contributed by atoms with Crippen LogP contribution in [-0.2, 0) is 17.3 Å². The van der Waals surface area contributed by atoms with E-state index in [1.54, 1.807) is 10.6 Å². The summed E-state index contributed by atoms with van der Waals surface area (Å²) in [5.74, 6) is -31.1. The first-order chi connectivity index (χ1) is 27.7. The van der Waals surface area contributed by atoms with E-state index < -0.39 is 110 Å². The number of nitrogens with one attached hydrogen (secondary N) is 2. The zero-order valence-corrected chi connectivity index (χ0v) is 28.9. The Morgan fingerprint density at radius 3 is 0.934 bits per heavy atom. The maximum absolute atomic E-state index is 14.8. The number of alkyl halides is 20. The first-order valence-electron chi connectivity index (χ1n) is 15.7. The molecule has 0 unspecified atom stereocenters. The van der Waals surface area contributed by atoms with Crippen molar-refractivity contribution in [3.63, 3.8) is 0 Å². The largest absolute Gasteiger partial charge is 0.460 e. The van der Waals surface area contributed by atoms with Crippen LogP contribution in [0.1, 0.15) is 22.3 Å². The summed E-state index contributed by atoms with van der Waals surface area (Å²) in [6.45, 7) is 0. The van der Waals surface area contributed by atoms with Gasteiger partial charge < -0.3 is 9.47 Å². The van der Waals surface area contributed by atoms with Gasteiger partial charge >= 0.3 is 48.4 Å². The van der Waals surface area contributed by atoms with Gasteiger partial charge in [-0.2, -0.15) is 98.3 Å². The molecule has 0 atom stereocenters. The average Bonchev–Trinajstić information content (AvgIpc) is 3.12. The van der Waals surface area contributed by atoms with Crippen LogP contribution in [0.15, 0.2) is 84.9 Å². The van der Waals surface area contributed by atoms with Crippen LogP contribution in [0, 0.1) is 22.9 Å². The lowest BCUT2D eigenvalue weighted by atomic mass is 9.73. The summed E-state index contributed by atoms with van der Waals surface area (Å²) < 4.78 is 291. The van der Waals surface area contributed by atoms with Crippen molar-refractivity contribution in [3.05, 3.63) is 107 Å². The molecule has 0 saturated carbocycles. The fourth-order valence-corrected chi connectivity index (χ4v) is 5.49. The Morgan fingerprint density at radius 1 is 0.393 bits per heavy atom. The predicted octanol–water partition coefficient (Wildman–Crippen LogP) is 13.0. The van der Waals surface area contributed by atoms with Gasteiger partial charge in [0.1, 0.15) is 23.0 Å². The van der Waals surface area contributed by atoms with E-state index in [4.69, 9.17) is 20.0 Å². The van der Waals surface area contributed by atoms with Crippen molar-refractivity contribution in [2.75, 3.05) is 10.6 Å². The van der Waals surface area contributed by atoms with E-state index in [-0.39, 0.29) is 60.7 Å². The van der Waals surface area contributed by atoms with Crippen molar-refractivity contribution >= 4 is 11.4 Å². The highest BCUT2D eigenvalue weighted by Gasteiger charge is 2.76. The molecule has 26 heteroatoms. The molecule has 2 N–H and O–H groups in total. The normalized spacial score (nSPS) is 13.5. The quantitative estimate of drug-likeness (QED) is 0.0836. The lowest BCUT2D eigenvalue weighted by Crippen LogP contribution is -2.54. The highest BCUT2D eigenvalue weighted by molar-refractivity contribution is 5.58. The molecule has 6 nitrogen and oxygen atoms in total. The number of rotatable bonds is 12. The van der Waals surface area contributed by atoms with Gasteiger partial charge in [0.15, 0.2) is 12.4 Å². The summed E-state index contributed by atoms with van der Waals surface area (Å²) in [7, 11) is 0. The Labute approximate surface area is 326 Å². The van der Waals surface area contributed by atoms with Gasteiger partial charge in [-0.25, -0.2) is 0 Å². The lowest BCUT2D eigenvalue weighted by Gasteiger charge is -2.38. The molecule has 0 aliphatic rings. The van der Waals surface area contributed by atoms with Crippen molar-refractivity contribution < 1.29 is 97.3 Å². The van der Waals surface area contributed by atoms with Gasteiger partial charge in [0.2, 0.25) is 5.41 Å². The first kappa shape index (κ1) is 47.3. The molecular weight excluding hydrogens is 888 g/mol. The Balaban J connectivity index is 1.81. The highest BCUT2D eigenvalue weighted by atomic mass is 19.4. The molecule has 0 amide bonds. The minimum atomic E-state index is -6.90. The van der Waals surface area contributed by atoms with E-state index in [0.717, 1.165) is 12.4 Å². The van der Waals surface area contributed by atoms with Crippen LogP contribution < -0.4 is 20.1 Å². The van der Waals surface area contributed by atoms with E-state index >= 15 is 0 Å². The second-order valence-corrected chi connectivity index (χ2v) is 12.2. The molecule has 4 rings (SSSR count). The molecule has 4 aromatic carbocycles. The molecule has 0 aromatic heterocycles. The van der Waals surface area contributed by atoms with E-state index in [0.29, 0.717) is 24.3 Å². The molecule has 0 saturated heterocycles. The third kappa shape index (κ3) is 8.26. The van der Waals surface area contributed by atoms with E-state index in [1.165, 1.54) is 0 Å². The SMILES string of the molecule is N#CNc1ccc(Oc2ccc(C(c3ccc(Oc4ccc(NC#N)cc4C(F)(F)C(F)(F)C(F)(F)F)cc3)(C(F)(F)F)C(F)(F)F)cc2)c(C(F)(F)C(F)(F)C(F)(F)F)c1. The van der Waals surface area contributed by atoms with Crippen LogP contribution in [-0.4, -0.2) is 36.6 Å². The Morgan fingerprint density at radius 2 is 0.689 bits per heavy atom. The second-order valence-electron chi connectivity index (χ2n) is 12.2. The minimum absolute atomic E-state index is 0.0283. The van der Waals surface area contributed by atoms with Crippen molar-refractivity contribution in [1.82, 2.24) is 0 Å². The monoisotopic (exact) mass is 904 g/mol. The number of halogens is 20. The van der Waals surface area contributed by atoms with Crippen molar-refractivity contribution in [1.29, 1.82) is 10.5 Å². The number of hydrogen-bond acceptors (Lipinski definition) is 6. The maximum atomic E-state index is 14.8. The number of hydrogen-bond donors (Lipinski definition) is 2. The fourth-order valence-electron chi connectivity index (χ4n) is 5.49. The van der Waals surface area contributed by atoms with Gasteiger partial charge in [-0.05, 0) is 71.8 Å². The molecule has 61 heavy (non-hydrogen) atoms. The summed E-state index contributed by atoms with van der Waals surface area (Å²) in [6, 6.07) is 2.76. The van der Waals surface area contributed by atoms with Crippen LogP contribution in [0.3, 0.4) is 0 Å². The summed E-state index contributed by atoms with van der Waals surface area (Å²) in [6.07, 6.45) is -24.3. The van der Waals surface area contributed by atoms with E-state index in [2.05, 4.69) is 0 Å². The molecule has 0 spiro atoms. The Hall–Kier alpha value is -6.34. The van der Waals surface area contributed by atoms with Crippen LogP contribution in [0.4, 0.5) is 99.2 Å². The van der Waals surface area contributed by atoms with Crippen LogP contribution >= 0.6 is 0 Å². The molecule has 4 aromatic rings. The molecule has 0 aliphatic carbocycles. The van der Waals surface area contributed by atoms with Crippen molar-refractivity contribution in [2.24, 2.45) is 0 Å². The summed E-state index contributed by atoms with van der Waals surface area (Å²) in [4.78, 5) is 0. The van der Waals surface area contributed by atoms with Gasteiger partial charge in [0.25, 0.3) is 0 Å². The average molecular weight is 904 g/mol. The molecular formula is C35H16F20N4O2.